The molecule has 0 aliphatic heterocycles. The monoisotopic (exact) mass is 434 g/mol. The van der Waals surface area contributed by atoms with Gasteiger partial charge in [-0.15, -0.1) is 11.3 Å². The summed E-state index contributed by atoms with van der Waals surface area (Å²) in [5.74, 6) is -0.278. The van der Waals surface area contributed by atoms with Gasteiger partial charge in [0.1, 0.15) is 10.6 Å². The van der Waals surface area contributed by atoms with E-state index in [1.807, 2.05) is 12.3 Å². The van der Waals surface area contributed by atoms with Crippen LogP contribution >= 0.6 is 11.3 Å². The Balaban J connectivity index is 1.31. The predicted molar refractivity (Wildman–Crippen MR) is 121 cm³/mol. The maximum Gasteiger partial charge on any atom is 0.262 e. The van der Waals surface area contributed by atoms with Gasteiger partial charge in [-0.05, 0) is 67.1 Å². The quantitative estimate of drug-likeness (QED) is 0.502. The van der Waals surface area contributed by atoms with Gasteiger partial charge < -0.3 is 5.32 Å². The van der Waals surface area contributed by atoms with E-state index < -0.39 is 0 Å². The van der Waals surface area contributed by atoms with Crippen molar-refractivity contribution in [1.29, 1.82) is 0 Å². The van der Waals surface area contributed by atoms with Gasteiger partial charge in [-0.25, -0.2) is 9.37 Å². The minimum absolute atomic E-state index is 0.00480. The number of hydrogen-bond acceptors (Lipinski definition) is 5. The molecule has 0 radical (unpaired) electrons. The molecule has 1 aromatic carbocycles. The van der Waals surface area contributed by atoms with Crippen LogP contribution in [0.3, 0.4) is 0 Å². The van der Waals surface area contributed by atoms with Gasteiger partial charge in [0.2, 0.25) is 0 Å². The standard InChI is InChI=1S/C24H23FN4OS/c25-18-5-3-17(4-6-18)14-29-15-28-23-22(24(29)30)20-8-7-19(12-21(20)31-23)27-11-9-16-2-1-10-26-13-16/h1-6,10,13,15,19,27H,7-9,11-12,14H2. The van der Waals surface area contributed by atoms with Gasteiger partial charge in [0.15, 0.2) is 0 Å². The summed E-state index contributed by atoms with van der Waals surface area (Å²) in [7, 11) is 0. The fourth-order valence-electron chi connectivity index (χ4n) is 4.24. The number of pyridine rings is 1. The molecule has 1 aliphatic rings. The molecule has 1 atom stereocenters. The summed E-state index contributed by atoms with van der Waals surface area (Å²) < 4.78 is 14.8. The lowest BCUT2D eigenvalue weighted by Crippen LogP contribution is -2.35. The first-order valence-electron chi connectivity index (χ1n) is 10.5. The van der Waals surface area contributed by atoms with E-state index in [0.29, 0.717) is 12.6 Å². The van der Waals surface area contributed by atoms with E-state index in [0.717, 1.165) is 53.6 Å². The molecule has 0 amide bonds. The lowest BCUT2D eigenvalue weighted by atomic mass is 9.93. The van der Waals surface area contributed by atoms with Gasteiger partial charge in [0, 0.05) is 23.3 Å². The van der Waals surface area contributed by atoms with Crippen LogP contribution in [0.2, 0.25) is 0 Å². The Bertz CT molecular complexity index is 1250. The van der Waals surface area contributed by atoms with E-state index in [9.17, 15) is 9.18 Å². The fourth-order valence-corrected chi connectivity index (χ4v) is 5.50. The zero-order chi connectivity index (χ0) is 21.2. The molecule has 1 N–H and O–H groups in total. The first-order chi connectivity index (χ1) is 15.2. The van der Waals surface area contributed by atoms with Crippen molar-refractivity contribution in [3.63, 3.8) is 0 Å². The Hall–Kier alpha value is -2.90. The number of aromatic nitrogens is 3. The Morgan fingerprint density at radius 3 is 2.87 bits per heavy atom. The van der Waals surface area contributed by atoms with E-state index in [2.05, 4.69) is 21.4 Å². The van der Waals surface area contributed by atoms with Gasteiger partial charge in [-0.3, -0.25) is 14.3 Å². The molecule has 0 bridgehead atoms. The number of nitrogens with one attached hydrogen (secondary N) is 1. The molecule has 0 saturated carbocycles. The van der Waals surface area contributed by atoms with Gasteiger partial charge in [0.05, 0.1) is 18.3 Å². The molecule has 1 aliphatic carbocycles. The van der Waals surface area contributed by atoms with Crippen molar-refractivity contribution < 1.29 is 4.39 Å². The largest absolute Gasteiger partial charge is 0.313 e. The molecule has 0 spiro atoms. The smallest absolute Gasteiger partial charge is 0.262 e. The highest BCUT2D eigenvalue weighted by atomic mass is 32.1. The number of nitrogens with zero attached hydrogens (tertiary/aromatic N) is 3. The molecule has 0 saturated heterocycles. The second kappa shape index (κ2) is 8.69. The van der Waals surface area contributed by atoms with Crippen molar-refractivity contribution in [2.24, 2.45) is 0 Å². The van der Waals surface area contributed by atoms with Crippen molar-refractivity contribution in [3.05, 3.63) is 92.9 Å². The number of thiophene rings is 1. The van der Waals surface area contributed by atoms with Gasteiger partial charge >= 0.3 is 0 Å². The number of fused-ring (bicyclic) bond motifs is 3. The zero-order valence-corrected chi connectivity index (χ0v) is 17.9. The van der Waals surface area contributed by atoms with Crippen molar-refractivity contribution in [1.82, 2.24) is 19.9 Å². The van der Waals surface area contributed by atoms with Gasteiger partial charge in [-0.1, -0.05) is 18.2 Å². The fraction of sp³-hybridized carbons (Fsp3) is 0.292. The second-order valence-electron chi connectivity index (χ2n) is 7.99. The van der Waals surface area contributed by atoms with Crippen molar-refractivity contribution in [3.8, 4) is 0 Å². The van der Waals surface area contributed by atoms with Crippen LogP contribution in [0.5, 0.6) is 0 Å². The predicted octanol–water partition coefficient (Wildman–Crippen LogP) is 3.73. The lowest BCUT2D eigenvalue weighted by Gasteiger charge is -2.23. The molecular formula is C24H23FN4OS. The topological polar surface area (TPSA) is 59.8 Å². The van der Waals surface area contributed by atoms with Crippen molar-refractivity contribution in [2.45, 2.75) is 38.3 Å². The van der Waals surface area contributed by atoms with E-state index in [4.69, 9.17) is 0 Å². The van der Waals surface area contributed by atoms with E-state index in [1.165, 1.54) is 22.6 Å². The van der Waals surface area contributed by atoms with Crippen LogP contribution < -0.4 is 10.9 Å². The maximum atomic E-state index is 13.2. The number of benzene rings is 1. The summed E-state index contributed by atoms with van der Waals surface area (Å²) >= 11 is 1.64. The van der Waals surface area contributed by atoms with E-state index in [-0.39, 0.29) is 11.4 Å². The Morgan fingerprint density at radius 1 is 1.19 bits per heavy atom. The molecule has 158 valence electrons. The summed E-state index contributed by atoms with van der Waals surface area (Å²) in [6.45, 7) is 1.31. The first kappa shape index (κ1) is 20.0. The van der Waals surface area contributed by atoms with E-state index in [1.54, 1.807) is 40.6 Å². The number of rotatable bonds is 6. The van der Waals surface area contributed by atoms with Crippen LogP contribution in [0.1, 0.15) is 28.0 Å². The zero-order valence-electron chi connectivity index (χ0n) is 17.1. The first-order valence-corrected chi connectivity index (χ1v) is 11.4. The van der Waals surface area contributed by atoms with E-state index >= 15 is 0 Å². The minimum atomic E-state index is -0.278. The Morgan fingerprint density at radius 2 is 2.06 bits per heavy atom. The summed E-state index contributed by atoms with van der Waals surface area (Å²) in [6.07, 6.45) is 9.10. The molecule has 4 aromatic rings. The summed E-state index contributed by atoms with van der Waals surface area (Å²) in [4.78, 5) is 24.0. The highest BCUT2D eigenvalue weighted by molar-refractivity contribution is 7.18. The third-order valence-electron chi connectivity index (χ3n) is 5.87. The van der Waals surface area contributed by atoms with Crippen LogP contribution in [0.15, 0.2) is 59.9 Å². The Labute approximate surface area is 183 Å². The third-order valence-corrected chi connectivity index (χ3v) is 7.03. The van der Waals surface area contributed by atoms with Crippen LogP contribution in [0, 0.1) is 5.82 Å². The molecular weight excluding hydrogens is 411 g/mol. The van der Waals surface area contributed by atoms with Crippen LogP contribution in [0.4, 0.5) is 4.39 Å². The van der Waals surface area contributed by atoms with Crippen LogP contribution in [-0.2, 0) is 25.8 Å². The second-order valence-corrected chi connectivity index (χ2v) is 9.08. The van der Waals surface area contributed by atoms with Gasteiger partial charge in [-0.2, -0.15) is 0 Å². The van der Waals surface area contributed by atoms with Gasteiger partial charge in [0.25, 0.3) is 5.56 Å². The average Bonchev–Trinajstić information content (AvgIpc) is 3.16. The van der Waals surface area contributed by atoms with Crippen LogP contribution in [-0.4, -0.2) is 27.1 Å². The summed E-state index contributed by atoms with van der Waals surface area (Å²) in [6, 6.07) is 10.7. The van der Waals surface area contributed by atoms with Crippen LogP contribution in [0.25, 0.3) is 10.2 Å². The third kappa shape index (κ3) is 4.29. The number of hydrogen-bond donors (Lipinski definition) is 1. The molecule has 0 fully saturated rings. The number of aryl methyl sites for hydroxylation is 1. The average molecular weight is 435 g/mol. The molecule has 5 rings (SSSR count). The highest BCUT2D eigenvalue weighted by Crippen LogP contribution is 2.33. The molecule has 7 heteroatoms. The lowest BCUT2D eigenvalue weighted by molar-refractivity contribution is 0.466. The maximum absolute atomic E-state index is 13.2. The molecule has 3 aromatic heterocycles. The molecule has 5 nitrogen and oxygen atoms in total. The molecule has 1 unspecified atom stereocenters. The molecule has 31 heavy (non-hydrogen) atoms. The normalized spacial score (nSPS) is 15.8. The summed E-state index contributed by atoms with van der Waals surface area (Å²) in [5.41, 5.74) is 3.27. The minimum Gasteiger partial charge on any atom is -0.313 e. The molecule has 3 heterocycles. The Kier molecular flexibility index (Phi) is 5.61. The SMILES string of the molecule is O=c1c2c3c(sc2ncn1Cc1ccc(F)cc1)CC(NCCc1cccnc1)CC3. The van der Waals surface area contributed by atoms with Crippen molar-refractivity contribution in [2.75, 3.05) is 6.54 Å². The highest BCUT2D eigenvalue weighted by Gasteiger charge is 2.25. The van der Waals surface area contributed by atoms with Crippen molar-refractivity contribution >= 4 is 21.6 Å². The number of halogens is 1. The summed E-state index contributed by atoms with van der Waals surface area (Å²) in [5, 5.41) is 4.43.